The van der Waals surface area contributed by atoms with Crippen LogP contribution in [0, 0.1) is 11.3 Å². The number of nitriles is 1. The molecule has 1 aliphatic heterocycles. The molecule has 2 N–H and O–H groups in total. The van der Waals surface area contributed by atoms with E-state index in [9.17, 15) is 4.79 Å². The van der Waals surface area contributed by atoms with Crippen molar-refractivity contribution in [1.82, 2.24) is 10.2 Å². The van der Waals surface area contributed by atoms with E-state index in [1.807, 2.05) is 26.0 Å². The van der Waals surface area contributed by atoms with Gasteiger partial charge in [0.15, 0.2) is 0 Å². The van der Waals surface area contributed by atoms with Crippen molar-refractivity contribution in [2.45, 2.75) is 59.9 Å². The number of nitrogens with zero attached hydrogens (tertiary/aromatic N) is 2. The van der Waals surface area contributed by atoms with E-state index in [4.69, 9.17) is 10.4 Å². The minimum atomic E-state index is -0.0185. The van der Waals surface area contributed by atoms with Crippen LogP contribution < -0.4 is 5.32 Å². The Bertz CT molecular complexity index is 578. The molecular formula is C25H43N3O2. The minimum Gasteiger partial charge on any atom is -0.396 e. The second-order valence-corrected chi connectivity index (χ2v) is 6.07. The normalized spacial score (nSPS) is 12.9. The van der Waals surface area contributed by atoms with Crippen molar-refractivity contribution in [3.8, 4) is 6.07 Å². The highest BCUT2D eigenvalue weighted by atomic mass is 16.3. The monoisotopic (exact) mass is 417 g/mol. The molecule has 1 aromatic rings. The molecule has 0 amide bonds. The predicted octanol–water partition coefficient (Wildman–Crippen LogP) is 4.74. The number of Topliss-reactive ketones (excluding diaryl/α,β-unsaturated/α-hetero) is 1. The largest absolute Gasteiger partial charge is 0.396 e. The number of hydrogen-bond donors (Lipinski definition) is 2. The SMILES string of the molecule is CC.CC(=O)CCO.CCC1C=CC=CN1C.CCc1ccccc1.CNCC#N. The molecule has 1 unspecified atom stereocenters. The lowest BCUT2D eigenvalue weighted by Crippen LogP contribution is -2.25. The molecule has 1 atom stereocenters. The summed E-state index contributed by atoms with van der Waals surface area (Å²) in [5.74, 6) is 0.0394. The van der Waals surface area contributed by atoms with E-state index < -0.39 is 0 Å². The van der Waals surface area contributed by atoms with Crippen molar-refractivity contribution in [3.05, 3.63) is 60.3 Å². The lowest BCUT2D eigenvalue weighted by atomic mass is 10.1. The first-order valence-electron chi connectivity index (χ1n) is 10.7. The maximum absolute atomic E-state index is 9.88. The van der Waals surface area contributed by atoms with Gasteiger partial charge in [-0.1, -0.05) is 70.2 Å². The fourth-order valence-corrected chi connectivity index (χ4v) is 2.00. The smallest absolute Gasteiger partial charge is 0.132 e. The Morgan fingerprint density at radius 3 is 2.03 bits per heavy atom. The first-order chi connectivity index (χ1) is 14.5. The van der Waals surface area contributed by atoms with Gasteiger partial charge in [0.1, 0.15) is 5.78 Å². The summed E-state index contributed by atoms with van der Waals surface area (Å²) in [7, 11) is 3.84. The second kappa shape index (κ2) is 26.6. The summed E-state index contributed by atoms with van der Waals surface area (Å²) in [6.07, 6.45) is 11.1. The van der Waals surface area contributed by atoms with Gasteiger partial charge in [0.2, 0.25) is 0 Å². The van der Waals surface area contributed by atoms with Gasteiger partial charge >= 0.3 is 0 Å². The van der Waals surface area contributed by atoms with Crippen LogP contribution >= 0.6 is 0 Å². The molecule has 0 fully saturated rings. The van der Waals surface area contributed by atoms with Gasteiger partial charge in [-0.15, -0.1) is 0 Å². The first kappa shape index (κ1) is 32.3. The number of rotatable bonds is 5. The van der Waals surface area contributed by atoms with Gasteiger partial charge in [-0.05, 0) is 44.7 Å². The number of allylic oxidation sites excluding steroid dienone is 2. The lowest BCUT2D eigenvalue weighted by Gasteiger charge is -2.24. The Morgan fingerprint density at radius 1 is 1.20 bits per heavy atom. The third kappa shape index (κ3) is 23.6. The summed E-state index contributed by atoms with van der Waals surface area (Å²) in [4.78, 5) is 12.1. The van der Waals surface area contributed by atoms with Gasteiger partial charge in [0.05, 0.1) is 12.6 Å². The topological polar surface area (TPSA) is 76.4 Å². The average molecular weight is 418 g/mol. The van der Waals surface area contributed by atoms with Crippen LogP contribution in [-0.4, -0.2) is 49.1 Å². The summed E-state index contributed by atoms with van der Waals surface area (Å²) in [6, 6.07) is 13.0. The summed E-state index contributed by atoms with van der Waals surface area (Å²) in [6.45, 7) is 10.2. The highest BCUT2D eigenvalue weighted by molar-refractivity contribution is 5.75. The summed E-state index contributed by atoms with van der Waals surface area (Å²) < 4.78 is 0. The number of aliphatic hydroxyl groups excluding tert-OH is 1. The molecule has 1 heterocycles. The Labute approximate surface area is 185 Å². The van der Waals surface area contributed by atoms with Crippen LogP contribution in [0.1, 0.15) is 53.0 Å². The fourth-order valence-electron chi connectivity index (χ4n) is 2.00. The molecule has 0 aromatic heterocycles. The Kier molecular flexibility index (Phi) is 28.6. The quantitative estimate of drug-likeness (QED) is 0.677. The van der Waals surface area contributed by atoms with Crippen LogP contribution in [0.3, 0.4) is 0 Å². The van der Waals surface area contributed by atoms with E-state index in [0.29, 0.717) is 19.0 Å². The second-order valence-electron chi connectivity index (χ2n) is 6.07. The van der Waals surface area contributed by atoms with Crippen molar-refractivity contribution in [2.75, 3.05) is 27.2 Å². The Balaban J connectivity index is -0.000000323. The first-order valence-corrected chi connectivity index (χ1v) is 10.7. The molecule has 0 spiro atoms. The Morgan fingerprint density at radius 2 is 1.80 bits per heavy atom. The third-order valence-electron chi connectivity index (χ3n) is 3.68. The molecule has 170 valence electrons. The van der Waals surface area contributed by atoms with E-state index in [-0.39, 0.29) is 12.4 Å². The summed E-state index contributed by atoms with van der Waals surface area (Å²) in [5, 5.41) is 18.4. The van der Waals surface area contributed by atoms with E-state index in [0.717, 1.165) is 6.42 Å². The van der Waals surface area contributed by atoms with Crippen LogP contribution in [0.15, 0.2) is 54.8 Å². The van der Waals surface area contributed by atoms with Crippen molar-refractivity contribution in [2.24, 2.45) is 0 Å². The van der Waals surface area contributed by atoms with Crippen LogP contribution in [0.2, 0.25) is 0 Å². The number of benzene rings is 1. The molecule has 30 heavy (non-hydrogen) atoms. The highest BCUT2D eigenvalue weighted by Crippen LogP contribution is 2.07. The maximum Gasteiger partial charge on any atom is 0.132 e. The lowest BCUT2D eigenvalue weighted by molar-refractivity contribution is -0.117. The van der Waals surface area contributed by atoms with Gasteiger partial charge in [0.25, 0.3) is 0 Å². The minimum absolute atomic E-state index is 0.0185. The van der Waals surface area contributed by atoms with Gasteiger partial charge in [-0.25, -0.2) is 0 Å². The summed E-state index contributed by atoms with van der Waals surface area (Å²) >= 11 is 0. The molecule has 1 aromatic carbocycles. The van der Waals surface area contributed by atoms with Gasteiger partial charge < -0.3 is 15.3 Å². The van der Waals surface area contributed by atoms with E-state index in [1.165, 1.54) is 18.9 Å². The number of aryl methyl sites for hydroxylation is 1. The van der Waals surface area contributed by atoms with Crippen LogP contribution in [0.4, 0.5) is 0 Å². The number of hydrogen-bond acceptors (Lipinski definition) is 5. The van der Waals surface area contributed by atoms with E-state index in [2.05, 4.69) is 79.8 Å². The molecule has 1 aliphatic rings. The van der Waals surface area contributed by atoms with Gasteiger partial charge in [-0.2, -0.15) is 5.26 Å². The fraction of sp³-hybridized carbons (Fsp3) is 0.520. The number of carbonyl (C=O) groups is 1. The third-order valence-corrected chi connectivity index (χ3v) is 3.68. The predicted molar refractivity (Wildman–Crippen MR) is 129 cm³/mol. The van der Waals surface area contributed by atoms with Gasteiger partial charge in [-0.3, -0.25) is 4.79 Å². The van der Waals surface area contributed by atoms with Crippen LogP contribution in [-0.2, 0) is 11.2 Å². The van der Waals surface area contributed by atoms with Crippen molar-refractivity contribution in [3.63, 3.8) is 0 Å². The molecular weight excluding hydrogens is 374 g/mol. The maximum atomic E-state index is 9.88. The number of ketones is 1. The average Bonchev–Trinajstić information content (AvgIpc) is 2.78. The molecule has 0 bridgehead atoms. The number of aliphatic hydroxyl groups is 1. The Hall–Kier alpha value is -2.42. The van der Waals surface area contributed by atoms with Gasteiger partial charge in [0, 0.05) is 26.1 Å². The van der Waals surface area contributed by atoms with Crippen LogP contribution in [0.25, 0.3) is 0 Å². The van der Waals surface area contributed by atoms with Crippen LogP contribution in [0.5, 0.6) is 0 Å². The van der Waals surface area contributed by atoms with E-state index in [1.54, 1.807) is 7.05 Å². The molecule has 0 aliphatic carbocycles. The zero-order valence-electron chi connectivity index (χ0n) is 20.1. The zero-order valence-corrected chi connectivity index (χ0v) is 20.1. The molecule has 0 saturated heterocycles. The number of carbonyl (C=O) groups excluding carboxylic acids is 1. The van der Waals surface area contributed by atoms with Crippen molar-refractivity contribution < 1.29 is 9.90 Å². The standard InChI is InChI=1S/C8H13N.C8H10.C4H8O2.C3H6N2.C2H6/c1-3-8-6-4-5-7-9(8)2;1-2-8-6-4-3-5-7-8;1-4(6)2-3-5;1-5-3-2-4;1-2/h4-8H,3H2,1-2H3;3-7H,2H2,1H3;5H,2-3H2,1H3;5H,3H2,1H3;1-2H3. The number of nitrogens with one attached hydrogen (secondary N) is 1. The molecule has 5 nitrogen and oxygen atoms in total. The zero-order chi connectivity index (χ0) is 23.6. The van der Waals surface area contributed by atoms with E-state index >= 15 is 0 Å². The summed E-state index contributed by atoms with van der Waals surface area (Å²) in [5.41, 5.74) is 1.41. The van der Waals surface area contributed by atoms with Crippen molar-refractivity contribution in [1.29, 1.82) is 5.26 Å². The molecule has 0 radical (unpaired) electrons. The molecule has 2 rings (SSSR count). The molecule has 5 heteroatoms. The highest BCUT2D eigenvalue weighted by Gasteiger charge is 2.05. The molecule has 0 saturated carbocycles. The van der Waals surface area contributed by atoms with Crippen molar-refractivity contribution >= 4 is 5.78 Å². The number of likely N-dealkylation sites (N-methyl/N-ethyl adjacent to an activating group) is 1.